The normalized spacial score (nSPS) is 12.4. The van der Waals surface area contributed by atoms with Crippen molar-refractivity contribution in [2.45, 2.75) is 37.4 Å². The van der Waals surface area contributed by atoms with Crippen molar-refractivity contribution in [1.29, 1.82) is 0 Å². The number of nitrogens with one attached hydrogen (secondary N) is 7. The van der Waals surface area contributed by atoms with Gasteiger partial charge in [-0.05, 0) is 18.1 Å². The number of hydrogen-bond donors (Lipinski definition) is 13. The Morgan fingerprint density at radius 3 is 2.09 bits per heavy atom. The molecule has 3 unspecified atom stereocenters. The van der Waals surface area contributed by atoms with Gasteiger partial charge in [0.1, 0.15) is 35.8 Å². The number of benzene rings is 1. The van der Waals surface area contributed by atoms with E-state index in [4.69, 9.17) is 26.8 Å². The second-order valence-corrected chi connectivity index (χ2v) is 10.0. The molecule has 254 valence electrons. The first-order valence-electron chi connectivity index (χ1n) is 13.5. The molecule has 3 heterocycles. The largest absolute Gasteiger partial charge is 0.480 e. The summed E-state index contributed by atoms with van der Waals surface area (Å²) in [6.45, 7) is -0.567. The number of carbonyl (C=O) groups is 5. The van der Waals surface area contributed by atoms with Crippen LogP contribution in [0.5, 0.6) is 0 Å². The van der Waals surface area contributed by atoms with Gasteiger partial charge in [0.25, 0.3) is 5.56 Å². The van der Waals surface area contributed by atoms with E-state index >= 15 is 0 Å². The summed E-state index contributed by atoms with van der Waals surface area (Å²) in [5, 5.41) is 31.1. The lowest BCUT2D eigenvalue weighted by atomic mass is 10.1. The Kier molecular flexibility index (Phi) is 14.1. The van der Waals surface area contributed by atoms with Gasteiger partial charge in [0.05, 0.1) is 0 Å². The van der Waals surface area contributed by atoms with Crippen LogP contribution in [-0.2, 0) is 30.4 Å². The van der Waals surface area contributed by atoms with Gasteiger partial charge in [0.15, 0.2) is 0 Å². The molecule has 0 spiro atoms. The summed E-state index contributed by atoms with van der Waals surface area (Å²) in [5.74, 6) is -4.68. The lowest BCUT2D eigenvalue weighted by molar-refractivity contribution is -0.139. The van der Waals surface area contributed by atoms with Crippen molar-refractivity contribution in [2.75, 3.05) is 12.3 Å². The van der Waals surface area contributed by atoms with E-state index in [-0.39, 0.29) is 29.8 Å². The van der Waals surface area contributed by atoms with Gasteiger partial charge in [-0.25, -0.2) is 9.59 Å². The second-order valence-electron chi connectivity index (χ2n) is 9.64. The maximum Gasteiger partial charge on any atom is 0.327 e. The zero-order valence-electron chi connectivity index (χ0n) is 24.4. The third-order valence-corrected chi connectivity index (χ3v) is 6.46. The number of aromatic amines is 5. The molecule has 0 bridgehead atoms. The number of hydrogen-bond acceptors (Lipinski definition) is 11. The summed E-state index contributed by atoms with van der Waals surface area (Å²) in [7, 11) is 0. The van der Waals surface area contributed by atoms with E-state index in [1.54, 1.807) is 0 Å². The van der Waals surface area contributed by atoms with Crippen LogP contribution in [0.3, 0.4) is 0 Å². The molecule has 0 aliphatic heterocycles. The molecule has 2 amide bonds. The monoisotopic (exact) mass is 679 g/mol. The average molecular weight is 680 g/mol. The number of carboxylic acids is 3. The molecular formula is C26H33N9O11S. The molecule has 47 heavy (non-hydrogen) atoms. The van der Waals surface area contributed by atoms with Gasteiger partial charge in [-0.3, -0.25) is 48.7 Å². The molecule has 0 fully saturated rings. The smallest absolute Gasteiger partial charge is 0.327 e. The Bertz CT molecular complexity index is 1890. The summed E-state index contributed by atoms with van der Waals surface area (Å²) in [5.41, 5.74) is 11.0. The molecular weight excluding hydrogens is 646 g/mol. The summed E-state index contributed by atoms with van der Waals surface area (Å²) in [6, 6.07) is 4.76. The first kappa shape index (κ1) is 37.5. The van der Waals surface area contributed by atoms with Gasteiger partial charge >= 0.3 is 29.3 Å². The van der Waals surface area contributed by atoms with E-state index in [0.717, 1.165) is 16.5 Å². The number of amides is 2. The maximum absolute atomic E-state index is 11.5. The van der Waals surface area contributed by atoms with Gasteiger partial charge in [-0.15, -0.1) is 0 Å². The summed E-state index contributed by atoms with van der Waals surface area (Å²) in [6.07, 6.45) is 1.92. The van der Waals surface area contributed by atoms with Crippen molar-refractivity contribution in [1.82, 2.24) is 35.6 Å². The number of aromatic nitrogens is 5. The molecule has 0 radical (unpaired) electrons. The number of carbonyl (C=O) groups excluding carboxylic acids is 2. The number of imidazole rings is 1. The van der Waals surface area contributed by atoms with Gasteiger partial charge in [0, 0.05) is 35.7 Å². The summed E-state index contributed by atoms with van der Waals surface area (Å²) < 4.78 is 0. The molecule has 1 aromatic carbocycles. The van der Waals surface area contributed by atoms with E-state index < -0.39 is 71.3 Å². The van der Waals surface area contributed by atoms with Crippen molar-refractivity contribution in [2.24, 2.45) is 11.5 Å². The van der Waals surface area contributed by atoms with Gasteiger partial charge < -0.3 is 42.4 Å². The minimum Gasteiger partial charge on any atom is -0.480 e. The summed E-state index contributed by atoms with van der Waals surface area (Å²) in [4.78, 5) is 98.4. The molecule has 0 aliphatic rings. The molecule has 0 aliphatic carbocycles. The van der Waals surface area contributed by atoms with Crippen LogP contribution in [0, 0.1) is 0 Å². The minimum atomic E-state index is -1.22. The molecule has 0 saturated heterocycles. The molecule has 20 nitrogen and oxygen atoms in total. The van der Waals surface area contributed by atoms with Gasteiger partial charge in [-0.1, -0.05) is 18.2 Å². The number of thiol groups is 1. The molecule has 21 heteroatoms. The lowest BCUT2D eigenvalue weighted by Crippen LogP contribution is -2.49. The van der Waals surface area contributed by atoms with Crippen LogP contribution in [0.15, 0.2) is 44.8 Å². The number of rotatable bonds is 12. The highest BCUT2D eigenvalue weighted by Crippen LogP contribution is 2.18. The molecule has 4 aromatic rings. The predicted molar refractivity (Wildman–Crippen MR) is 169 cm³/mol. The zero-order chi connectivity index (χ0) is 35.3. The molecule has 3 aromatic heterocycles. The van der Waals surface area contributed by atoms with Crippen molar-refractivity contribution in [3.63, 3.8) is 0 Å². The van der Waals surface area contributed by atoms with E-state index in [1.807, 2.05) is 35.4 Å². The number of fused-ring (bicyclic) bond motifs is 2. The highest BCUT2D eigenvalue weighted by Gasteiger charge is 2.21. The minimum absolute atomic E-state index is 0.0256. The number of H-pyrrole nitrogens is 5. The third-order valence-electron chi connectivity index (χ3n) is 6.10. The number of nitrogens with two attached hydrogens (primary N) is 2. The van der Waals surface area contributed by atoms with Crippen molar-refractivity contribution in [3.05, 3.63) is 67.3 Å². The highest BCUT2D eigenvalue weighted by molar-refractivity contribution is 7.80. The van der Waals surface area contributed by atoms with Gasteiger partial charge in [0.2, 0.25) is 11.8 Å². The Morgan fingerprint density at radius 1 is 0.872 bits per heavy atom. The van der Waals surface area contributed by atoms with Crippen LogP contribution in [0.25, 0.3) is 22.1 Å². The van der Waals surface area contributed by atoms with Crippen LogP contribution in [-0.4, -0.2) is 100 Å². The fourth-order valence-electron chi connectivity index (χ4n) is 3.74. The van der Waals surface area contributed by atoms with Crippen molar-refractivity contribution in [3.8, 4) is 0 Å². The van der Waals surface area contributed by atoms with E-state index in [9.17, 15) is 38.4 Å². The Labute approximate surface area is 267 Å². The van der Waals surface area contributed by atoms with Crippen molar-refractivity contribution < 1.29 is 39.3 Å². The van der Waals surface area contributed by atoms with E-state index in [2.05, 4.69) is 43.2 Å². The summed E-state index contributed by atoms with van der Waals surface area (Å²) >= 11 is 3.87. The molecule has 4 rings (SSSR count). The van der Waals surface area contributed by atoms with Crippen LogP contribution in [0.4, 0.5) is 0 Å². The Balaban J connectivity index is 0.000000252. The average Bonchev–Trinajstić information content (AvgIpc) is 3.60. The van der Waals surface area contributed by atoms with E-state index in [1.165, 1.54) is 0 Å². The fourth-order valence-corrected chi connectivity index (χ4v) is 4.00. The molecule has 3 atom stereocenters. The molecule has 0 saturated carbocycles. The lowest BCUT2D eigenvalue weighted by Gasteiger charge is -2.16. The number of carboxylic acid groups (broad SMARTS) is 3. The van der Waals surface area contributed by atoms with Crippen LogP contribution in [0.1, 0.15) is 18.4 Å². The molecule has 14 N–H and O–H groups in total. The zero-order valence-corrected chi connectivity index (χ0v) is 25.3. The van der Waals surface area contributed by atoms with Crippen LogP contribution >= 0.6 is 12.6 Å². The first-order chi connectivity index (χ1) is 22.1. The fraction of sp³-hybridized carbons (Fsp3) is 0.308. The van der Waals surface area contributed by atoms with Gasteiger partial charge in [-0.2, -0.15) is 12.6 Å². The number of aliphatic carboxylic acids is 3. The van der Waals surface area contributed by atoms with E-state index in [0.29, 0.717) is 6.42 Å². The SMILES string of the molecule is NC(CCC(=O)NC(CS)C(=O)NCC(=O)O)C(=O)O.NC(Cc1c[nH]c2ccccc12)C(=O)O.O=c1[nH]c(=O)c2[nH]c(=O)[nH]c2[nH]1. The predicted octanol–water partition coefficient (Wildman–Crippen LogP) is -2.85. The van der Waals surface area contributed by atoms with Crippen LogP contribution in [0.2, 0.25) is 0 Å². The Morgan fingerprint density at radius 2 is 1.49 bits per heavy atom. The third kappa shape index (κ3) is 12.0. The Hall–Kier alpha value is -5.67. The first-order valence-corrected chi connectivity index (χ1v) is 14.1. The second kappa shape index (κ2) is 17.7. The van der Waals surface area contributed by atoms with Crippen molar-refractivity contribution >= 4 is 64.4 Å². The topological polar surface area (TPSA) is 352 Å². The standard InChI is InChI=1S/C11H12N2O2.C10H17N3O6S.C5H4N4O3/c12-9(11(14)15)5-7-6-13-10-4-2-1-3-8(7)10;11-5(10(18)19)1-2-7(14)13-6(4-20)9(17)12-3-8(15)16;10-3-1-2(7-4(11)6-1)8-5(12)9-3/h1-4,6,9,13H,5,12H2,(H,14,15);5-6,20H,1-4,11H2,(H,12,17)(H,13,14)(H,15,16)(H,18,19);(H4,6,7,8,9,10,11,12). The maximum atomic E-state index is 11.5. The quantitative estimate of drug-likeness (QED) is 0.0671. The highest BCUT2D eigenvalue weighted by atomic mass is 32.1. The number of para-hydroxylation sites is 1. The van der Waals surface area contributed by atoms with Crippen LogP contribution < -0.4 is 39.0 Å².